The third-order valence-electron chi connectivity index (χ3n) is 0.962. The molecule has 2 nitrogen and oxygen atoms in total. The molecule has 0 amide bonds. The number of carbonyl (C=O) groups excluding carboxylic acids is 1. The van der Waals surface area contributed by atoms with E-state index >= 15 is 0 Å². The van der Waals surface area contributed by atoms with Crippen molar-refractivity contribution in [2.75, 3.05) is 0 Å². The Labute approximate surface area is 53.5 Å². The Morgan fingerprint density at radius 1 is 1.89 bits per heavy atom. The number of ketones is 1. The van der Waals surface area contributed by atoms with Crippen molar-refractivity contribution in [3.8, 4) is 0 Å². The molecule has 0 unspecified atom stereocenters. The molecular formula is C7H7O2. The smallest absolute Gasteiger partial charge is 0.134 e. The third kappa shape index (κ3) is 1.72. The fourth-order valence-electron chi connectivity index (χ4n) is 0.621. The van der Waals surface area contributed by atoms with E-state index in [1.54, 1.807) is 6.92 Å². The first kappa shape index (κ1) is 6.08. The molecule has 0 spiro atoms. The second kappa shape index (κ2) is 2.49. The zero-order chi connectivity index (χ0) is 6.69. The van der Waals surface area contributed by atoms with Crippen molar-refractivity contribution in [2.45, 2.75) is 13.3 Å². The normalized spacial score (nSPS) is 9.44. The van der Waals surface area contributed by atoms with Crippen LogP contribution in [0.5, 0.6) is 0 Å². The first-order valence-corrected chi connectivity index (χ1v) is 2.71. The highest BCUT2D eigenvalue weighted by Crippen LogP contribution is 1.99. The maximum Gasteiger partial charge on any atom is 0.134 e. The van der Waals surface area contributed by atoms with Crippen LogP contribution in [0.4, 0.5) is 0 Å². The molecule has 2 heteroatoms. The Hall–Kier alpha value is -1.05. The molecule has 1 aromatic rings. The van der Waals surface area contributed by atoms with E-state index in [0.717, 1.165) is 5.56 Å². The maximum absolute atomic E-state index is 10.4. The fraction of sp³-hybridized carbons (Fsp3) is 0.286. The molecule has 0 bridgehead atoms. The molecule has 0 N–H and O–H groups in total. The van der Waals surface area contributed by atoms with Crippen LogP contribution in [0.25, 0.3) is 0 Å². The van der Waals surface area contributed by atoms with E-state index in [1.165, 1.54) is 12.5 Å². The number of Topliss-reactive ketones (excluding diaryl/α,β-unsaturated/α-hetero) is 1. The third-order valence-corrected chi connectivity index (χ3v) is 0.962. The highest BCUT2D eigenvalue weighted by molar-refractivity contribution is 5.77. The van der Waals surface area contributed by atoms with Crippen molar-refractivity contribution in [1.82, 2.24) is 0 Å². The van der Waals surface area contributed by atoms with Gasteiger partial charge < -0.3 is 4.42 Å². The molecule has 0 aliphatic heterocycles. The van der Waals surface area contributed by atoms with Crippen LogP contribution in [0.15, 0.2) is 16.9 Å². The van der Waals surface area contributed by atoms with Crippen molar-refractivity contribution in [3.63, 3.8) is 0 Å². The van der Waals surface area contributed by atoms with Gasteiger partial charge in [0.25, 0.3) is 0 Å². The maximum atomic E-state index is 10.4. The average Bonchev–Trinajstić information content (AvgIpc) is 2.15. The van der Waals surface area contributed by atoms with Crippen LogP contribution >= 0.6 is 0 Å². The highest BCUT2D eigenvalue weighted by Gasteiger charge is 1.96. The molecule has 1 heterocycles. The summed E-state index contributed by atoms with van der Waals surface area (Å²) in [6.45, 7) is 1.54. The minimum absolute atomic E-state index is 0.132. The molecule has 0 aliphatic carbocycles. The first-order valence-electron chi connectivity index (χ1n) is 2.71. The van der Waals surface area contributed by atoms with Gasteiger partial charge in [-0.3, -0.25) is 4.79 Å². The van der Waals surface area contributed by atoms with Crippen molar-refractivity contribution in [3.05, 3.63) is 24.2 Å². The standard InChI is InChI=1S/C7H7O2/c1-6(8)4-7-2-3-9-5-7/h3,5H,4H2,1H3. The average molecular weight is 123 g/mol. The second-order valence-corrected chi connectivity index (χ2v) is 1.92. The van der Waals surface area contributed by atoms with Gasteiger partial charge in [0.2, 0.25) is 0 Å². The van der Waals surface area contributed by atoms with Crippen LogP contribution < -0.4 is 0 Å². The Bertz CT molecular complexity index is 187. The second-order valence-electron chi connectivity index (χ2n) is 1.92. The largest absolute Gasteiger partial charge is 0.472 e. The summed E-state index contributed by atoms with van der Waals surface area (Å²) in [5, 5.41) is 0. The van der Waals surface area contributed by atoms with Gasteiger partial charge in [-0.1, -0.05) is 0 Å². The Balaban J connectivity index is 2.58. The first-order chi connectivity index (χ1) is 4.29. The van der Waals surface area contributed by atoms with Gasteiger partial charge in [0, 0.05) is 18.1 Å². The summed E-state index contributed by atoms with van der Waals surface area (Å²) >= 11 is 0. The summed E-state index contributed by atoms with van der Waals surface area (Å²) in [4.78, 5) is 10.4. The topological polar surface area (TPSA) is 30.2 Å². The van der Waals surface area contributed by atoms with Crippen molar-refractivity contribution in [2.24, 2.45) is 0 Å². The summed E-state index contributed by atoms with van der Waals surface area (Å²) in [5.74, 6) is 0.132. The van der Waals surface area contributed by atoms with Gasteiger partial charge in [-0.25, -0.2) is 0 Å². The Kier molecular flexibility index (Phi) is 1.68. The number of hydrogen-bond donors (Lipinski definition) is 0. The zero-order valence-corrected chi connectivity index (χ0v) is 5.18. The van der Waals surface area contributed by atoms with E-state index in [4.69, 9.17) is 4.42 Å². The van der Waals surface area contributed by atoms with Crippen LogP contribution in [0.1, 0.15) is 12.5 Å². The lowest BCUT2D eigenvalue weighted by molar-refractivity contribution is -0.116. The number of carbonyl (C=O) groups is 1. The highest BCUT2D eigenvalue weighted by atomic mass is 16.3. The lowest BCUT2D eigenvalue weighted by Gasteiger charge is -1.84. The molecular weight excluding hydrogens is 116 g/mol. The number of rotatable bonds is 2. The lowest BCUT2D eigenvalue weighted by Crippen LogP contribution is -1.93. The summed E-state index contributed by atoms with van der Waals surface area (Å²) in [6, 6.07) is 2.78. The van der Waals surface area contributed by atoms with E-state index in [0.29, 0.717) is 6.42 Å². The minimum atomic E-state index is 0.132. The van der Waals surface area contributed by atoms with Crippen molar-refractivity contribution in [1.29, 1.82) is 0 Å². The predicted octanol–water partition coefficient (Wildman–Crippen LogP) is 1.21. The van der Waals surface area contributed by atoms with Crippen molar-refractivity contribution < 1.29 is 9.21 Å². The summed E-state index contributed by atoms with van der Waals surface area (Å²) in [7, 11) is 0. The van der Waals surface area contributed by atoms with Crippen LogP contribution in [-0.2, 0) is 11.2 Å². The lowest BCUT2D eigenvalue weighted by atomic mass is 10.2. The molecule has 1 rings (SSSR count). The number of hydrogen-bond acceptors (Lipinski definition) is 2. The van der Waals surface area contributed by atoms with Gasteiger partial charge in [0.05, 0.1) is 12.5 Å². The van der Waals surface area contributed by atoms with Gasteiger partial charge in [-0.05, 0) is 6.92 Å². The molecule has 0 aromatic carbocycles. The van der Waals surface area contributed by atoms with Crippen LogP contribution in [0, 0.1) is 6.07 Å². The van der Waals surface area contributed by atoms with Crippen LogP contribution in [0.3, 0.4) is 0 Å². The SMILES string of the molecule is CC(=O)Cc1[c]coc1. The summed E-state index contributed by atoms with van der Waals surface area (Å²) in [5.41, 5.74) is 0.822. The molecule has 0 fully saturated rings. The fourth-order valence-corrected chi connectivity index (χ4v) is 0.621. The molecule has 9 heavy (non-hydrogen) atoms. The Morgan fingerprint density at radius 2 is 2.67 bits per heavy atom. The molecule has 47 valence electrons. The molecule has 0 saturated heterocycles. The van der Waals surface area contributed by atoms with E-state index in [-0.39, 0.29) is 5.78 Å². The summed E-state index contributed by atoms with van der Waals surface area (Å²) < 4.78 is 4.71. The molecule has 1 radical (unpaired) electrons. The van der Waals surface area contributed by atoms with Crippen LogP contribution in [0.2, 0.25) is 0 Å². The summed E-state index contributed by atoms with van der Waals surface area (Å²) in [6.07, 6.45) is 3.40. The minimum Gasteiger partial charge on any atom is -0.472 e. The van der Waals surface area contributed by atoms with Crippen LogP contribution in [-0.4, -0.2) is 5.78 Å². The monoisotopic (exact) mass is 123 g/mol. The van der Waals surface area contributed by atoms with Gasteiger partial charge in [0.1, 0.15) is 5.78 Å². The van der Waals surface area contributed by atoms with E-state index in [1.807, 2.05) is 0 Å². The van der Waals surface area contributed by atoms with Gasteiger partial charge in [-0.15, -0.1) is 0 Å². The molecule has 0 atom stereocenters. The molecule has 0 aliphatic rings. The predicted molar refractivity (Wildman–Crippen MR) is 31.9 cm³/mol. The Morgan fingerprint density at radius 3 is 3.11 bits per heavy atom. The van der Waals surface area contributed by atoms with Gasteiger partial charge in [-0.2, -0.15) is 0 Å². The van der Waals surface area contributed by atoms with E-state index in [2.05, 4.69) is 6.07 Å². The van der Waals surface area contributed by atoms with Gasteiger partial charge in [0.15, 0.2) is 0 Å². The van der Waals surface area contributed by atoms with E-state index < -0.39 is 0 Å². The molecule has 1 aromatic heterocycles. The number of furan rings is 1. The zero-order valence-electron chi connectivity index (χ0n) is 5.18. The van der Waals surface area contributed by atoms with E-state index in [9.17, 15) is 4.79 Å². The molecule has 0 saturated carbocycles. The van der Waals surface area contributed by atoms with Crippen molar-refractivity contribution >= 4 is 5.78 Å². The quantitative estimate of drug-likeness (QED) is 0.591. The van der Waals surface area contributed by atoms with Gasteiger partial charge >= 0.3 is 0 Å².